The van der Waals surface area contributed by atoms with Gasteiger partial charge in [-0.3, -0.25) is 0 Å². The van der Waals surface area contributed by atoms with Crippen LogP contribution < -0.4 is 0 Å². The molecule has 0 aliphatic carbocycles. The zero-order valence-corrected chi connectivity index (χ0v) is 18.9. The third-order valence-electron chi connectivity index (χ3n) is 6.42. The number of ether oxygens (including phenoxy) is 2. The molecule has 2 aliphatic heterocycles. The molecule has 0 amide bonds. The summed E-state index contributed by atoms with van der Waals surface area (Å²) in [5.74, 6) is 13.6. The molecule has 0 spiro atoms. The molecule has 30 heavy (non-hydrogen) atoms. The van der Waals surface area contributed by atoms with E-state index < -0.39 is 0 Å². The summed E-state index contributed by atoms with van der Waals surface area (Å²) < 4.78 is 13.3. The molecular weight excluding hydrogens is 372 g/mol. The normalized spacial score (nSPS) is 19.8. The largest absolute Gasteiger partial charge is 0.370 e. The smallest absolute Gasteiger partial charge is 0.141 e. The molecule has 162 valence electrons. The van der Waals surface area contributed by atoms with Crippen molar-refractivity contribution >= 4 is 0 Å². The highest BCUT2D eigenvalue weighted by molar-refractivity contribution is 5.41. The molecule has 0 atom stereocenters. The predicted molar refractivity (Wildman–Crippen MR) is 122 cm³/mol. The first-order chi connectivity index (χ1) is 14.7. The van der Waals surface area contributed by atoms with Crippen molar-refractivity contribution in [2.45, 2.75) is 26.7 Å². The average Bonchev–Trinajstić information content (AvgIpc) is 2.77. The van der Waals surface area contributed by atoms with Gasteiger partial charge in [0.15, 0.2) is 0 Å². The minimum atomic E-state index is 0.861. The lowest BCUT2D eigenvalue weighted by Gasteiger charge is -2.39. The standard InChI is InChI=1S/C26H38N2O2/c1-3-13-27(17-21-29-22-18-27)15-5-7-25-9-11-26(12-10-25)8-6-16-28(14-4-2)19-23-30-24-20-28/h9-12H,3-4,13-24H2,1-2H3/q+2. The average molecular weight is 411 g/mol. The van der Waals surface area contributed by atoms with Crippen molar-refractivity contribution in [2.75, 3.05) is 78.8 Å². The van der Waals surface area contributed by atoms with Gasteiger partial charge in [0.1, 0.15) is 39.3 Å². The fraction of sp³-hybridized carbons (Fsp3) is 0.615. The van der Waals surface area contributed by atoms with Crippen molar-refractivity contribution in [2.24, 2.45) is 0 Å². The number of hydrogen-bond donors (Lipinski definition) is 0. The Kier molecular flexibility index (Phi) is 8.79. The summed E-state index contributed by atoms with van der Waals surface area (Å²) in [5, 5.41) is 0. The molecule has 0 unspecified atom stereocenters. The SMILES string of the molecule is CCC[N+]1(CC#Cc2ccc(C#CC[N+]3(CCC)CCOCC3)cc2)CCOCC1. The Morgan fingerprint density at radius 2 is 1.03 bits per heavy atom. The van der Waals surface area contributed by atoms with Crippen LogP contribution in [-0.2, 0) is 9.47 Å². The van der Waals surface area contributed by atoms with Crippen LogP contribution in [0, 0.1) is 23.7 Å². The van der Waals surface area contributed by atoms with Crippen LogP contribution in [0.1, 0.15) is 37.8 Å². The molecule has 1 aromatic rings. The zero-order chi connectivity index (χ0) is 21.1. The van der Waals surface area contributed by atoms with Gasteiger partial charge in [0.2, 0.25) is 0 Å². The van der Waals surface area contributed by atoms with Gasteiger partial charge in [-0.05, 0) is 48.9 Å². The van der Waals surface area contributed by atoms with E-state index in [2.05, 4.69) is 61.8 Å². The lowest BCUT2D eigenvalue weighted by Crippen LogP contribution is -2.55. The molecule has 0 saturated carbocycles. The van der Waals surface area contributed by atoms with Crippen molar-refractivity contribution in [3.05, 3.63) is 35.4 Å². The van der Waals surface area contributed by atoms with Crippen molar-refractivity contribution in [1.29, 1.82) is 0 Å². The van der Waals surface area contributed by atoms with Crippen LogP contribution in [0.2, 0.25) is 0 Å². The molecule has 4 nitrogen and oxygen atoms in total. The van der Waals surface area contributed by atoms with Gasteiger partial charge in [-0.15, -0.1) is 0 Å². The molecule has 2 saturated heterocycles. The lowest BCUT2D eigenvalue weighted by atomic mass is 10.1. The number of morpholine rings is 2. The molecule has 1 aromatic carbocycles. The summed E-state index contributed by atoms with van der Waals surface area (Å²) in [6.45, 7) is 16.5. The topological polar surface area (TPSA) is 18.5 Å². The number of quaternary nitrogens is 2. The summed E-state index contributed by atoms with van der Waals surface area (Å²) in [4.78, 5) is 0. The van der Waals surface area contributed by atoms with Crippen molar-refractivity contribution < 1.29 is 18.4 Å². The highest BCUT2D eigenvalue weighted by Gasteiger charge is 2.29. The van der Waals surface area contributed by atoms with Crippen LogP contribution in [0.15, 0.2) is 24.3 Å². The van der Waals surface area contributed by atoms with E-state index in [4.69, 9.17) is 9.47 Å². The minimum Gasteiger partial charge on any atom is -0.370 e. The first kappa shape index (κ1) is 22.9. The maximum Gasteiger partial charge on any atom is 0.141 e. The van der Waals surface area contributed by atoms with Gasteiger partial charge in [0.05, 0.1) is 39.5 Å². The quantitative estimate of drug-likeness (QED) is 0.530. The Morgan fingerprint density at radius 3 is 1.37 bits per heavy atom. The van der Waals surface area contributed by atoms with Crippen LogP contribution in [0.25, 0.3) is 0 Å². The maximum atomic E-state index is 5.56. The van der Waals surface area contributed by atoms with E-state index >= 15 is 0 Å². The van der Waals surface area contributed by atoms with Crippen LogP contribution >= 0.6 is 0 Å². The Bertz CT molecular complexity index is 689. The molecule has 4 heteroatoms. The van der Waals surface area contributed by atoms with E-state index in [1.165, 1.54) is 25.9 Å². The second kappa shape index (κ2) is 11.5. The van der Waals surface area contributed by atoms with E-state index in [9.17, 15) is 0 Å². The second-order valence-electron chi connectivity index (χ2n) is 8.75. The number of nitrogens with zero attached hydrogens (tertiary/aromatic N) is 2. The third kappa shape index (κ3) is 6.59. The van der Waals surface area contributed by atoms with Crippen LogP contribution in [0.3, 0.4) is 0 Å². The summed E-state index contributed by atoms with van der Waals surface area (Å²) in [5.41, 5.74) is 2.15. The molecule has 2 aliphatic rings. The molecular formula is C26H38N2O2+2. The van der Waals surface area contributed by atoms with Gasteiger partial charge in [-0.25, -0.2) is 0 Å². The summed E-state index contributed by atoms with van der Waals surface area (Å²) >= 11 is 0. The van der Waals surface area contributed by atoms with Gasteiger partial charge in [-0.1, -0.05) is 25.7 Å². The maximum absolute atomic E-state index is 5.56. The van der Waals surface area contributed by atoms with Gasteiger partial charge < -0.3 is 18.4 Å². The molecule has 2 fully saturated rings. The Hall–Kier alpha value is -1.82. The lowest BCUT2D eigenvalue weighted by molar-refractivity contribution is -0.928. The zero-order valence-electron chi connectivity index (χ0n) is 18.9. The van der Waals surface area contributed by atoms with Crippen LogP contribution in [0.4, 0.5) is 0 Å². The van der Waals surface area contributed by atoms with E-state index in [1.54, 1.807) is 0 Å². The van der Waals surface area contributed by atoms with E-state index in [0.29, 0.717) is 0 Å². The first-order valence-corrected chi connectivity index (χ1v) is 11.6. The van der Waals surface area contributed by atoms with E-state index in [1.807, 2.05) is 0 Å². The fourth-order valence-corrected chi connectivity index (χ4v) is 4.59. The Labute approximate surface area is 183 Å². The third-order valence-corrected chi connectivity index (χ3v) is 6.42. The highest BCUT2D eigenvalue weighted by atomic mass is 16.5. The Balaban J connectivity index is 1.57. The van der Waals surface area contributed by atoms with E-state index in [-0.39, 0.29) is 0 Å². The summed E-state index contributed by atoms with van der Waals surface area (Å²) in [6.07, 6.45) is 2.39. The van der Waals surface area contributed by atoms with E-state index in [0.717, 1.165) is 85.8 Å². The predicted octanol–water partition coefficient (Wildman–Crippen LogP) is 2.90. The molecule has 2 heterocycles. The summed E-state index contributed by atoms with van der Waals surface area (Å²) in [6, 6.07) is 8.41. The number of benzene rings is 1. The molecule has 0 bridgehead atoms. The molecule has 0 aromatic heterocycles. The molecule has 0 N–H and O–H groups in total. The molecule has 0 radical (unpaired) electrons. The van der Waals surface area contributed by atoms with Gasteiger partial charge in [0, 0.05) is 11.1 Å². The second-order valence-corrected chi connectivity index (χ2v) is 8.75. The van der Waals surface area contributed by atoms with Gasteiger partial charge >= 0.3 is 0 Å². The summed E-state index contributed by atoms with van der Waals surface area (Å²) in [7, 11) is 0. The highest BCUT2D eigenvalue weighted by Crippen LogP contribution is 2.13. The molecule has 3 rings (SSSR count). The number of hydrogen-bond acceptors (Lipinski definition) is 2. The van der Waals surface area contributed by atoms with Crippen molar-refractivity contribution in [3.63, 3.8) is 0 Å². The minimum absolute atomic E-state index is 0.861. The van der Waals surface area contributed by atoms with Gasteiger partial charge in [-0.2, -0.15) is 0 Å². The van der Waals surface area contributed by atoms with Gasteiger partial charge in [0.25, 0.3) is 0 Å². The van der Waals surface area contributed by atoms with Crippen LogP contribution in [0.5, 0.6) is 0 Å². The Morgan fingerprint density at radius 1 is 0.667 bits per heavy atom. The van der Waals surface area contributed by atoms with Crippen LogP contribution in [-0.4, -0.2) is 87.8 Å². The number of rotatable bonds is 6. The van der Waals surface area contributed by atoms with Crippen molar-refractivity contribution in [1.82, 2.24) is 0 Å². The van der Waals surface area contributed by atoms with Crippen molar-refractivity contribution in [3.8, 4) is 23.7 Å². The monoisotopic (exact) mass is 410 g/mol. The fourth-order valence-electron chi connectivity index (χ4n) is 4.59. The first-order valence-electron chi connectivity index (χ1n) is 11.6.